The van der Waals surface area contributed by atoms with Gasteiger partial charge in [0.2, 0.25) is 5.91 Å². The monoisotopic (exact) mass is 419 g/mol. The number of anilines is 1. The number of aliphatic carboxylic acids is 1. The summed E-state index contributed by atoms with van der Waals surface area (Å²) in [4.78, 5) is 38.7. The average Bonchev–Trinajstić information content (AvgIpc) is 3.00. The number of hydrogen-bond donors (Lipinski definition) is 2. The van der Waals surface area contributed by atoms with Crippen molar-refractivity contribution in [3.8, 4) is 0 Å². The molecular formula is C22H29NO5S. The van der Waals surface area contributed by atoms with Gasteiger partial charge in [0.15, 0.2) is 0 Å². The van der Waals surface area contributed by atoms with Crippen LogP contribution in [0.4, 0.5) is 5.00 Å². The lowest BCUT2D eigenvalue weighted by Crippen LogP contribution is -2.36. The number of aryl methyl sites for hydroxylation is 1. The maximum Gasteiger partial charge on any atom is 0.341 e. The Bertz CT molecular complexity index is 867. The molecule has 29 heavy (non-hydrogen) atoms. The fraction of sp³-hybridized carbons (Fsp3) is 0.591. The number of fused-ring (bicyclic) bond motifs is 1. The van der Waals surface area contributed by atoms with Gasteiger partial charge in [-0.05, 0) is 71.8 Å². The van der Waals surface area contributed by atoms with Crippen LogP contribution < -0.4 is 5.32 Å². The van der Waals surface area contributed by atoms with Crippen LogP contribution in [0.25, 0.3) is 0 Å². The molecule has 2 aliphatic carbocycles. The van der Waals surface area contributed by atoms with E-state index in [9.17, 15) is 19.5 Å². The van der Waals surface area contributed by atoms with Crippen molar-refractivity contribution in [2.45, 2.75) is 72.3 Å². The van der Waals surface area contributed by atoms with Crippen molar-refractivity contribution in [3.05, 3.63) is 27.2 Å². The van der Waals surface area contributed by atoms with Crippen molar-refractivity contribution >= 4 is 34.2 Å². The number of carboxylic acids is 1. The highest BCUT2D eigenvalue weighted by atomic mass is 32.1. The summed E-state index contributed by atoms with van der Waals surface area (Å²) in [5.74, 6) is -3.10. The molecule has 2 N–H and O–H groups in total. The second-order valence-electron chi connectivity index (χ2n) is 8.38. The van der Waals surface area contributed by atoms with Crippen molar-refractivity contribution in [3.63, 3.8) is 0 Å². The van der Waals surface area contributed by atoms with Crippen LogP contribution >= 0.6 is 11.3 Å². The fourth-order valence-corrected chi connectivity index (χ4v) is 5.46. The third-order valence-corrected chi connectivity index (χ3v) is 7.08. The van der Waals surface area contributed by atoms with E-state index in [0.717, 1.165) is 47.3 Å². The number of esters is 1. The number of allylic oxidation sites excluding steroid dienone is 2. The summed E-state index contributed by atoms with van der Waals surface area (Å²) in [6.07, 6.45) is 4.30. The number of thiophene rings is 1. The van der Waals surface area contributed by atoms with Crippen molar-refractivity contribution in [2.24, 2.45) is 11.8 Å². The first-order valence-electron chi connectivity index (χ1n) is 10.2. The average molecular weight is 420 g/mol. The number of carbonyl (C=O) groups is 3. The van der Waals surface area contributed by atoms with Gasteiger partial charge in [0, 0.05) is 4.88 Å². The molecule has 1 heterocycles. The van der Waals surface area contributed by atoms with Crippen molar-refractivity contribution in [1.82, 2.24) is 0 Å². The summed E-state index contributed by atoms with van der Waals surface area (Å²) >= 11 is 1.43. The van der Waals surface area contributed by atoms with Gasteiger partial charge >= 0.3 is 11.9 Å². The van der Waals surface area contributed by atoms with Crippen LogP contribution in [-0.4, -0.2) is 29.1 Å². The number of carboxylic acid groups (broad SMARTS) is 1. The van der Waals surface area contributed by atoms with E-state index in [2.05, 4.69) is 5.32 Å². The summed E-state index contributed by atoms with van der Waals surface area (Å²) in [5.41, 5.74) is 3.53. The minimum absolute atomic E-state index is 0.254. The number of hydrogen-bond acceptors (Lipinski definition) is 5. The van der Waals surface area contributed by atoms with Crippen molar-refractivity contribution in [1.29, 1.82) is 0 Å². The Labute approximate surface area is 175 Å². The quantitative estimate of drug-likeness (QED) is 0.538. The number of amides is 1. The van der Waals surface area contributed by atoms with Crippen LogP contribution in [0, 0.1) is 11.8 Å². The first-order chi connectivity index (χ1) is 13.7. The van der Waals surface area contributed by atoms with Gasteiger partial charge in [0.05, 0.1) is 23.5 Å². The summed E-state index contributed by atoms with van der Waals surface area (Å²) in [6, 6.07) is 0. The molecule has 0 bridgehead atoms. The molecule has 0 spiro atoms. The second-order valence-corrected chi connectivity index (χ2v) is 9.48. The summed E-state index contributed by atoms with van der Waals surface area (Å²) in [7, 11) is 0. The van der Waals surface area contributed by atoms with Gasteiger partial charge in [0.25, 0.3) is 0 Å². The molecule has 1 amide bonds. The predicted molar refractivity (Wildman–Crippen MR) is 112 cm³/mol. The van der Waals surface area contributed by atoms with Crippen LogP contribution in [0.2, 0.25) is 0 Å². The van der Waals surface area contributed by atoms with Gasteiger partial charge in [-0.15, -0.1) is 11.3 Å². The van der Waals surface area contributed by atoms with E-state index in [0.29, 0.717) is 23.4 Å². The fourth-order valence-electron chi connectivity index (χ4n) is 4.18. The Morgan fingerprint density at radius 2 is 1.69 bits per heavy atom. The maximum absolute atomic E-state index is 13.1. The number of nitrogens with one attached hydrogen (secondary N) is 1. The second kappa shape index (κ2) is 8.69. The molecule has 7 heteroatoms. The Kier molecular flexibility index (Phi) is 6.46. The Morgan fingerprint density at radius 1 is 1.07 bits per heavy atom. The Hall–Kier alpha value is -2.15. The number of rotatable bonds is 5. The van der Waals surface area contributed by atoms with Gasteiger partial charge in [-0.25, -0.2) is 4.79 Å². The molecule has 3 rings (SSSR count). The third-order valence-electron chi connectivity index (χ3n) is 5.88. The topological polar surface area (TPSA) is 92.7 Å². The van der Waals surface area contributed by atoms with Crippen LogP contribution in [0.1, 0.15) is 74.2 Å². The zero-order chi connectivity index (χ0) is 21.3. The first kappa shape index (κ1) is 21.6. The highest BCUT2D eigenvalue weighted by molar-refractivity contribution is 7.17. The van der Waals surface area contributed by atoms with Gasteiger partial charge in [-0.2, -0.15) is 0 Å². The zero-order valence-electron chi connectivity index (χ0n) is 17.5. The largest absolute Gasteiger partial charge is 0.481 e. The zero-order valence-corrected chi connectivity index (χ0v) is 18.3. The number of carbonyl (C=O) groups excluding carboxylic acids is 2. The smallest absolute Gasteiger partial charge is 0.341 e. The van der Waals surface area contributed by atoms with Crippen molar-refractivity contribution < 1.29 is 24.2 Å². The van der Waals surface area contributed by atoms with Gasteiger partial charge < -0.3 is 15.2 Å². The lowest BCUT2D eigenvalue weighted by atomic mass is 9.76. The van der Waals surface area contributed by atoms with Crippen LogP contribution in [0.15, 0.2) is 11.1 Å². The first-order valence-corrected chi connectivity index (χ1v) is 11.0. The molecule has 6 nitrogen and oxygen atoms in total. The Morgan fingerprint density at radius 3 is 2.31 bits per heavy atom. The van der Waals surface area contributed by atoms with E-state index in [4.69, 9.17) is 4.74 Å². The van der Waals surface area contributed by atoms with E-state index >= 15 is 0 Å². The molecule has 0 aromatic carbocycles. The van der Waals surface area contributed by atoms with E-state index in [-0.39, 0.29) is 12.0 Å². The molecule has 2 atom stereocenters. The normalized spacial score (nSPS) is 21.7. The van der Waals surface area contributed by atoms with Gasteiger partial charge in [-0.1, -0.05) is 11.1 Å². The van der Waals surface area contributed by atoms with Crippen LogP contribution in [-0.2, 0) is 27.2 Å². The SMILES string of the molecule is CC1=C(C)CC(C(=O)Nc2sc3c(c2C(=O)OC(C)C)CCCC3)C(C(=O)O)C1. The minimum Gasteiger partial charge on any atom is -0.481 e. The van der Waals surface area contributed by atoms with Gasteiger partial charge in [-0.3, -0.25) is 9.59 Å². The molecule has 0 fully saturated rings. The number of ether oxygens (including phenoxy) is 1. The van der Waals surface area contributed by atoms with Crippen molar-refractivity contribution in [2.75, 3.05) is 5.32 Å². The predicted octanol–water partition coefficient (Wildman–Crippen LogP) is 4.58. The van der Waals surface area contributed by atoms with Crippen LogP contribution in [0.5, 0.6) is 0 Å². The van der Waals surface area contributed by atoms with E-state index in [1.807, 2.05) is 13.8 Å². The molecule has 1 aromatic rings. The molecule has 1 aromatic heterocycles. The summed E-state index contributed by atoms with van der Waals surface area (Å²) < 4.78 is 5.43. The summed E-state index contributed by atoms with van der Waals surface area (Å²) in [5, 5.41) is 13.0. The summed E-state index contributed by atoms with van der Waals surface area (Å²) in [6.45, 7) is 7.47. The lowest BCUT2D eigenvalue weighted by molar-refractivity contribution is -0.146. The highest BCUT2D eigenvalue weighted by Gasteiger charge is 2.38. The molecular weight excluding hydrogens is 390 g/mol. The van der Waals surface area contributed by atoms with E-state index in [1.165, 1.54) is 11.3 Å². The molecule has 0 radical (unpaired) electrons. The van der Waals surface area contributed by atoms with E-state index < -0.39 is 23.8 Å². The van der Waals surface area contributed by atoms with Gasteiger partial charge in [0.1, 0.15) is 5.00 Å². The molecule has 0 saturated carbocycles. The molecule has 0 aliphatic heterocycles. The molecule has 158 valence electrons. The van der Waals surface area contributed by atoms with E-state index in [1.54, 1.807) is 13.8 Å². The lowest BCUT2D eigenvalue weighted by Gasteiger charge is -2.29. The molecule has 2 unspecified atom stereocenters. The maximum atomic E-state index is 13.1. The standard InChI is InChI=1S/C22H29NO5S/c1-11(2)28-22(27)18-14-7-5-6-8-17(14)29-20(18)23-19(24)15-9-12(3)13(4)10-16(15)21(25)26/h11,15-16H,5-10H2,1-4H3,(H,23,24)(H,25,26). The Balaban J connectivity index is 1.91. The molecule has 2 aliphatic rings. The highest BCUT2D eigenvalue weighted by Crippen LogP contribution is 2.40. The van der Waals surface area contributed by atoms with Crippen LogP contribution in [0.3, 0.4) is 0 Å². The third kappa shape index (κ3) is 4.55. The molecule has 0 saturated heterocycles. The minimum atomic E-state index is -0.957.